The van der Waals surface area contributed by atoms with Crippen LogP contribution in [-0.2, 0) is 16.9 Å². The van der Waals surface area contributed by atoms with Crippen molar-refractivity contribution in [3.63, 3.8) is 0 Å². The van der Waals surface area contributed by atoms with Crippen molar-refractivity contribution in [2.24, 2.45) is 0 Å². The molecule has 3 heterocycles. The smallest absolute Gasteiger partial charge is 0.291 e. The minimum Gasteiger partial charge on any atom is -0.483 e. The van der Waals surface area contributed by atoms with Gasteiger partial charge in [0.2, 0.25) is 5.43 Å². The minimum atomic E-state index is -1.11. The van der Waals surface area contributed by atoms with E-state index in [1.54, 1.807) is 18.7 Å². The highest BCUT2D eigenvalue weighted by molar-refractivity contribution is 5.96. The van der Waals surface area contributed by atoms with Crippen LogP contribution in [-0.4, -0.2) is 59.1 Å². The predicted octanol–water partition coefficient (Wildman–Crippen LogP) is 0.404. The predicted molar refractivity (Wildman–Crippen MR) is 96.1 cm³/mol. The third kappa shape index (κ3) is 2.64. The number of hydrogen-bond donors (Lipinski definition) is 1. The Morgan fingerprint density at radius 1 is 1.22 bits per heavy atom. The summed E-state index contributed by atoms with van der Waals surface area (Å²) in [6.07, 6.45) is 0.426. The minimum absolute atomic E-state index is 0.0172. The molecule has 2 aromatic rings. The van der Waals surface area contributed by atoms with Gasteiger partial charge in [-0.25, -0.2) is 10.0 Å². The number of rotatable bonds is 4. The number of aliphatic hydroxyl groups excluding tert-OH is 1. The number of fused-ring (bicyclic) bond motifs is 2. The molecule has 0 radical (unpaired) electrons. The van der Waals surface area contributed by atoms with Crippen molar-refractivity contribution < 1.29 is 19.4 Å². The van der Waals surface area contributed by atoms with Gasteiger partial charge >= 0.3 is 0 Å². The van der Waals surface area contributed by atoms with E-state index in [2.05, 4.69) is 0 Å². The first kappa shape index (κ1) is 17.7. The first-order valence-electron chi connectivity index (χ1n) is 8.65. The summed E-state index contributed by atoms with van der Waals surface area (Å²) in [6.45, 7) is 0.633. The summed E-state index contributed by atoms with van der Waals surface area (Å²) in [7, 11) is 3.32. The van der Waals surface area contributed by atoms with Crippen molar-refractivity contribution in [2.45, 2.75) is 18.4 Å². The van der Waals surface area contributed by atoms with E-state index < -0.39 is 17.7 Å². The van der Waals surface area contributed by atoms with Crippen LogP contribution in [0.15, 0.2) is 47.4 Å². The van der Waals surface area contributed by atoms with Crippen molar-refractivity contribution >= 4 is 5.91 Å². The Hall–Kier alpha value is -2.68. The Kier molecular flexibility index (Phi) is 4.26. The summed E-state index contributed by atoms with van der Waals surface area (Å²) in [5.41, 5.74) is -0.211. The van der Waals surface area contributed by atoms with Gasteiger partial charge in [0.05, 0.1) is 13.2 Å². The van der Waals surface area contributed by atoms with Crippen LogP contribution in [0.1, 0.15) is 16.1 Å². The lowest BCUT2D eigenvalue weighted by atomic mass is 9.90. The second-order valence-corrected chi connectivity index (χ2v) is 6.97. The maximum absolute atomic E-state index is 13.1. The Balaban J connectivity index is 1.81. The molecule has 1 saturated heterocycles. The third-order valence-corrected chi connectivity index (χ3v) is 5.02. The van der Waals surface area contributed by atoms with Crippen LogP contribution in [0.5, 0.6) is 5.75 Å². The molecule has 0 bridgehead atoms. The van der Waals surface area contributed by atoms with Crippen LogP contribution in [0.2, 0.25) is 0 Å². The zero-order chi connectivity index (χ0) is 19.2. The molecule has 1 aromatic heterocycles. The van der Waals surface area contributed by atoms with E-state index in [4.69, 9.17) is 9.47 Å². The summed E-state index contributed by atoms with van der Waals surface area (Å²) in [5.74, 6) is -0.512. The van der Waals surface area contributed by atoms with Gasteiger partial charge in [0.15, 0.2) is 17.7 Å². The Bertz CT molecular complexity index is 921. The van der Waals surface area contributed by atoms with Crippen LogP contribution < -0.4 is 10.2 Å². The SMILES string of the molecule is CN(C)N1C(=O)c2c(OCc3ccccc3)c(=O)ccn2C2(COC2)C1O. The van der Waals surface area contributed by atoms with Gasteiger partial charge in [-0.1, -0.05) is 30.3 Å². The molecule has 1 aromatic carbocycles. The maximum atomic E-state index is 13.1. The highest BCUT2D eigenvalue weighted by Gasteiger charge is 2.56. The van der Waals surface area contributed by atoms with E-state index in [-0.39, 0.29) is 36.7 Å². The molecule has 1 spiro atoms. The number of carbonyl (C=O) groups is 1. The molecular weight excluding hydrogens is 350 g/mol. The van der Waals surface area contributed by atoms with Crippen molar-refractivity contribution in [3.8, 4) is 5.75 Å². The summed E-state index contributed by atoms with van der Waals surface area (Å²) < 4.78 is 12.8. The van der Waals surface area contributed by atoms with Gasteiger partial charge in [-0.05, 0) is 5.56 Å². The molecular formula is C19H21N3O5. The molecule has 2 aliphatic rings. The zero-order valence-electron chi connectivity index (χ0n) is 15.2. The summed E-state index contributed by atoms with van der Waals surface area (Å²) >= 11 is 0. The normalized spacial score (nSPS) is 20.5. The maximum Gasteiger partial charge on any atom is 0.291 e. The van der Waals surface area contributed by atoms with Crippen molar-refractivity contribution in [3.05, 3.63) is 64.1 Å². The Morgan fingerprint density at radius 2 is 1.93 bits per heavy atom. The molecule has 8 heteroatoms. The molecule has 0 aliphatic carbocycles. The first-order valence-corrected chi connectivity index (χ1v) is 8.65. The number of nitrogens with zero attached hydrogens (tertiary/aromatic N) is 3. The lowest BCUT2D eigenvalue weighted by Gasteiger charge is -2.54. The second kappa shape index (κ2) is 6.49. The molecule has 27 heavy (non-hydrogen) atoms. The van der Waals surface area contributed by atoms with Gasteiger partial charge in [0.1, 0.15) is 12.1 Å². The molecule has 0 saturated carbocycles. The number of hydrogen-bond acceptors (Lipinski definition) is 6. The topological polar surface area (TPSA) is 84.2 Å². The fourth-order valence-corrected chi connectivity index (χ4v) is 3.53. The van der Waals surface area contributed by atoms with E-state index in [1.165, 1.54) is 22.3 Å². The Labute approximate surface area is 156 Å². The molecule has 8 nitrogen and oxygen atoms in total. The van der Waals surface area contributed by atoms with Crippen LogP contribution in [0.25, 0.3) is 0 Å². The summed E-state index contributed by atoms with van der Waals surface area (Å²) in [6, 6.07) is 10.8. The van der Waals surface area contributed by atoms with E-state index in [0.717, 1.165) is 5.56 Å². The van der Waals surface area contributed by atoms with Crippen LogP contribution in [0, 0.1) is 0 Å². The lowest BCUT2D eigenvalue weighted by molar-refractivity contribution is -0.231. The number of ether oxygens (including phenoxy) is 2. The van der Waals surface area contributed by atoms with Crippen molar-refractivity contribution in [2.75, 3.05) is 27.3 Å². The fourth-order valence-electron chi connectivity index (χ4n) is 3.53. The third-order valence-electron chi connectivity index (χ3n) is 5.02. The molecule has 4 rings (SSSR count). The number of amides is 1. The lowest BCUT2D eigenvalue weighted by Crippen LogP contribution is -2.71. The molecule has 2 aliphatic heterocycles. The average molecular weight is 371 g/mol. The van der Waals surface area contributed by atoms with Gasteiger partial charge in [-0.3, -0.25) is 9.59 Å². The van der Waals surface area contributed by atoms with Gasteiger partial charge in [-0.15, -0.1) is 0 Å². The quantitative estimate of drug-likeness (QED) is 0.838. The van der Waals surface area contributed by atoms with Crippen LogP contribution in [0.3, 0.4) is 0 Å². The monoisotopic (exact) mass is 371 g/mol. The van der Waals surface area contributed by atoms with Crippen LogP contribution in [0.4, 0.5) is 0 Å². The fraction of sp³-hybridized carbons (Fsp3) is 0.368. The molecule has 1 N–H and O–H groups in total. The van der Waals surface area contributed by atoms with Crippen molar-refractivity contribution in [1.29, 1.82) is 0 Å². The number of carbonyl (C=O) groups excluding carboxylic acids is 1. The molecule has 1 atom stereocenters. The van der Waals surface area contributed by atoms with Crippen LogP contribution >= 0.6 is 0 Å². The Morgan fingerprint density at radius 3 is 2.52 bits per heavy atom. The van der Waals surface area contributed by atoms with Gasteiger partial charge in [0.25, 0.3) is 5.91 Å². The number of aromatic nitrogens is 1. The summed E-state index contributed by atoms with van der Waals surface area (Å²) in [5, 5.41) is 13.6. The average Bonchev–Trinajstić information content (AvgIpc) is 2.60. The van der Waals surface area contributed by atoms with Gasteiger partial charge < -0.3 is 19.1 Å². The first-order chi connectivity index (χ1) is 13.0. The number of pyridine rings is 1. The largest absolute Gasteiger partial charge is 0.483 e. The highest BCUT2D eigenvalue weighted by Crippen LogP contribution is 2.39. The number of benzene rings is 1. The molecule has 1 fully saturated rings. The number of aliphatic hydroxyl groups is 1. The zero-order valence-corrected chi connectivity index (χ0v) is 15.2. The van der Waals surface area contributed by atoms with Gasteiger partial charge in [-0.2, -0.15) is 0 Å². The van der Waals surface area contributed by atoms with E-state index in [1.807, 2.05) is 30.3 Å². The highest BCUT2D eigenvalue weighted by atomic mass is 16.5. The molecule has 1 unspecified atom stereocenters. The molecule has 142 valence electrons. The standard InChI is InChI=1S/C19H21N3O5/c1-20(2)22-17(24)15-16(27-10-13-6-4-3-5-7-13)14(23)8-9-21(15)19(18(22)25)11-26-12-19/h3-9,18,25H,10-12H2,1-2H3. The second-order valence-electron chi connectivity index (χ2n) is 6.97. The van der Waals surface area contributed by atoms with E-state index in [9.17, 15) is 14.7 Å². The number of hydrazine groups is 1. The molecule has 1 amide bonds. The van der Waals surface area contributed by atoms with E-state index in [0.29, 0.717) is 0 Å². The van der Waals surface area contributed by atoms with Gasteiger partial charge in [0, 0.05) is 26.4 Å². The van der Waals surface area contributed by atoms with Crippen molar-refractivity contribution in [1.82, 2.24) is 14.6 Å². The summed E-state index contributed by atoms with van der Waals surface area (Å²) in [4.78, 5) is 25.6. The van der Waals surface area contributed by atoms with E-state index >= 15 is 0 Å².